The lowest BCUT2D eigenvalue weighted by Crippen LogP contribution is -2.54. The van der Waals surface area contributed by atoms with Gasteiger partial charge in [-0.3, -0.25) is 9.59 Å². The Balaban J connectivity index is 1.88. The fraction of sp³-hybridized carbons (Fsp3) is 0.368. The molecule has 7 heteroatoms. The van der Waals surface area contributed by atoms with E-state index in [1.807, 2.05) is 19.9 Å². The highest BCUT2D eigenvalue weighted by Gasteiger charge is 2.56. The van der Waals surface area contributed by atoms with Crippen molar-refractivity contribution >= 4 is 11.8 Å². The largest absolute Gasteiger partial charge is 0.385 e. The minimum absolute atomic E-state index is 0.225. The first-order valence-corrected chi connectivity index (χ1v) is 8.40. The maximum absolute atomic E-state index is 13.1. The van der Waals surface area contributed by atoms with E-state index in [0.717, 1.165) is 5.70 Å². The highest BCUT2D eigenvalue weighted by Crippen LogP contribution is 2.52. The molecule has 2 amide bonds. The van der Waals surface area contributed by atoms with E-state index < -0.39 is 16.9 Å². The standard InChI is InChI=1S/C19H23FN4O2/c1-18-9-8-13(10-19(18,2)23-15(21)14(18)16(22)25)24(3)17(26)11-4-6-12(20)7-5-11/h4-8,23H,9-10,21H2,1-3H3,(H2,22,25). The van der Waals surface area contributed by atoms with E-state index in [4.69, 9.17) is 11.5 Å². The molecule has 0 radical (unpaired) electrons. The molecule has 1 aromatic rings. The molecule has 0 aromatic heterocycles. The lowest BCUT2D eigenvalue weighted by Gasteiger charge is -2.46. The number of hydrogen-bond donors (Lipinski definition) is 3. The zero-order chi connectivity index (χ0) is 19.3. The molecule has 1 aromatic carbocycles. The Bertz CT molecular complexity index is 846. The van der Waals surface area contributed by atoms with Crippen LogP contribution in [0.15, 0.2) is 47.4 Å². The molecule has 5 N–H and O–H groups in total. The number of primary amides is 1. The van der Waals surface area contributed by atoms with E-state index in [2.05, 4.69) is 5.32 Å². The van der Waals surface area contributed by atoms with Gasteiger partial charge in [0, 0.05) is 30.1 Å². The molecule has 0 saturated carbocycles. The van der Waals surface area contributed by atoms with Crippen LogP contribution in [0.25, 0.3) is 0 Å². The Morgan fingerprint density at radius 3 is 2.42 bits per heavy atom. The molecule has 2 aliphatic rings. The summed E-state index contributed by atoms with van der Waals surface area (Å²) in [6.45, 7) is 3.92. The number of hydrogen-bond acceptors (Lipinski definition) is 4. The minimum atomic E-state index is -0.549. The molecular weight excluding hydrogens is 335 g/mol. The van der Waals surface area contributed by atoms with Crippen molar-refractivity contribution in [2.24, 2.45) is 16.9 Å². The summed E-state index contributed by atoms with van der Waals surface area (Å²) < 4.78 is 13.1. The van der Waals surface area contributed by atoms with Gasteiger partial charge in [0.1, 0.15) is 11.6 Å². The molecule has 6 nitrogen and oxygen atoms in total. The number of amides is 2. The van der Waals surface area contributed by atoms with Crippen LogP contribution in [-0.2, 0) is 4.79 Å². The van der Waals surface area contributed by atoms with E-state index in [-0.39, 0.29) is 11.7 Å². The molecule has 1 heterocycles. The van der Waals surface area contributed by atoms with Crippen molar-refractivity contribution in [3.63, 3.8) is 0 Å². The van der Waals surface area contributed by atoms with E-state index in [1.54, 1.807) is 11.9 Å². The molecule has 2 atom stereocenters. The second kappa shape index (κ2) is 5.86. The number of nitrogens with zero attached hydrogens (tertiary/aromatic N) is 1. The van der Waals surface area contributed by atoms with Crippen molar-refractivity contribution < 1.29 is 14.0 Å². The quantitative estimate of drug-likeness (QED) is 0.764. The smallest absolute Gasteiger partial charge is 0.257 e. The summed E-state index contributed by atoms with van der Waals surface area (Å²) in [6.07, 6.45) is 2.95. The van der Waals surface area contributed by atoms with E-state index in [0.29, 0.717) is 29.8 Å². The van der Waals surface area contributed by atoms with Crippen molar-refractivity contribution in [1.29, 1.82) is 0 Å². The average molecular weight is 358 g/mol. The first-order valence-electron chi connectivity index (χ1n) is 8.40. The first kappa shape index (κ1) is 18.0. The van der Waals surface area contributed by atoms with Gasteiger partial charge in [-0.05, 0) is 37.6 Å². The van der Waals surface area contributed by atoms with E-state index in [9.17, 15) is 14.0 Å². The van der Waals surface area contributed by atoms with E-state index in [1.165, 1.54) is 24.3 Å². The summed E-state index contributed by atoms with van der Waals surface area (Å²) in [5.74, 6) is -0.851. The van der Waals surface area contributed by atoms with Gasteiger partial charge < -0.3 is 21.7 Å². The van der Waals surface area contributed by atoms with Gasteiger partial charge in [-0.1, -0.05) is 13.0 Å². The molecule has 0 saturated heterocycles. The molecule has 3 rings (SSSR count). The highest BCUT2D eigenvalue weighted by atomic mass is 19.1. The third kappa shape index (κ3) is 2.55. The molecule has 0 fully saturated rings. The molecule has 1 aliphatic heterocycles. The van der Waals surface area contributed by atoms with Crippen molar-refractivity contribution in [3.05, 3.63) is 58.8 Å². The maximum atomic E-state index is 13.1. The van der Waals surface area contributed by atoms with Gasteiger partial charge >= 0.3 is 0 Å². The third-order valence-corrected chi connectivity index (χ3v) is 5.80. The number of nitrogens with two attached hydrogens (primary N) is 2. The predicted octanol–water partition coefficient (Wildman–Crippen LogP) is 1.60. The van der Waals surface area contributed by atoms with Gasteiger partial charge in [0.05, 0.1) is 11.1 Å². The van der Waals surface area contributed by atoms with Crippen LogP contribution in [0.3, 0.4) is 0 Å². The van der Waals surface area contributed by atoms with Crippen molar-refractivity contribution in [1.82, 2.24) is 10.2 Å². The Hall–Kier alpha value is -2.83. The monoisotopic (exact) mass is 358 g/mol. The molecule has 0 spiro atoms. The van der Waals surface area contributed by atoms with Crippen LogP contribution < -0.4 is 16.8 Å². The molecular formula is C19H23FN4O2. The molecule has 2 unspecified atom stereocenters. The predicted molar refractivity (Wildman–Crippen MR) is 95.9 cm³/mol. The Morgan fingerprint density at radius 1 is 1.23 bits per heavy atom. The number of allylic oxidation sites excluding steroid dienone is 1. The SMILES string of the molecule is CN(C(=O)c1ccc(F)cc1)C1=CCC2(C)C(C(N)=O)=C(N)NC2(C)C1. The summed E-state index contributed by atoms with van der Waals surface area (Å²) in [7, 11) is 1.68. The maximum Gasteiger partial charge on any atom is 0.257 e. The lowest BCUT2D eigenvalue weighted by atomic mass is 9.62. The summed E-state index contributed by atoms with van der Waals surface area (Å²) in [6, 6.07) is 5.44. The summed E-state index contributed by atoms with van der Waals surface area (Å²) in [4.78, 5) is 26.1. The van der Waals surface area contributed by atoms with Gasteiger partial charge in [0.25, 0.3) is 5.91 Å². The van der Waals surface area contributed by atoms with Crippen LogP contribution in [0.1, 0.15) is 37.0 Å². The summed E-state index contributed by atoms with van der Waals surface area (Å²) in [5.41, 5.74) is 12.1. The fourth-order valence-corrected chi connectivity index (χ4v) is 3.97. The van der Waals surface area contributed by atoms with Gasteiger partial charge in [0.15, 0.2) is 0 Å². The second-order valence-corrected chi connectivity index (χ2v) is 7.39. The number of nitrogens with one attached hydrogen (secondary N) is 1. The minimum Gasteiger partial charge on any atom is -0.385 e. The zero-order valence-electron chi connectivity index (χ0n) is 15.1. The number of carbonyl (C=O) groups excluding carboxylic acids is 2. The zero-order valence-corrected chi connectivity index (χ0v) is 15.1. The van der Waals surface area contributed by atoms with Crippen molar-refractivity contribution in [2.75, 3.05) is 7.05 Å². The molecule has 26 heavy (non-hydrogen) atoms. The fourth-order valence-electron chi connectivity index (χ4n) is 3.97. The summed E-state index contributed by atoms with van der Waals surface area (Å²) >= 11 is 0. The van der Waals surface area contributed by atoms with Crippen LogP contribution in [0, 0.1) is 11.2 Å². The van der Waals surface area contributed by atoms with Crippen LogP contribution in [0.2, 0.25) is 0 Å². The summed E-state index contributed by atoms with van der Waals surface area (Å²) in [5, 5.41) is 3.20. The normalized spacial score (nSPS) is 27.5. The van der Waals surface area contributed by atoms with Gasteiger partial charge in [0.2, 0.25) is 5.91 Å². The van der Waals surface area contributed by atoms with Gasteiger partial charge in [-0.15, -0.1) is 0 Å². The van der Waals surface area contributed by atoms with Crippen molar-refractivity contribution in [2.45, 2.75) is 32.2 Å². The topological polar surface area (TPSA) is 101 Å². The number of carbonyl (C=O) groups is 2. The Kier molecular flexibility index (Phi) is 4.05. The molecule has 0 bridgehead atoms. The first-order chi connectivity index (χ1) is 12.1. The third-order valence-electron chi connectivity index (χ3n) is 5.80. The van der Waals surface area contributed by atoms with Crippen LogP contribution in [-0.4, -0.2) is 29.3 Å². The van der Waals surface area contributed by atoms with Gasteiger partial charge in [-0.2, -0.15) is 0 Å². The lowest BCUT2D eigenvalue weighted by molar-refractivity contribution is -0.115. The second-order valence-electron chi connectivity index (χ2n) is 7.39. The van der Waals surface area contributed by atoms with Crippen molar-refractivity contribution in [3.8, 4) is 0 Å². The number of rotatable bonds is 3. The number of benzene rings is 1. The highest BCUT2D eigenvalue weighted by molar-refractivity contribution is 5.96. The molecule has 138 valence electrons. The average Bonchev–Trinajstić information content (AvgIpc) is 2.78. The Morgan fingerprint density at radius 2 is 1.85 bits per heavy atom. The van der Waals surface area contributed by atoms with Gasteiger partial charge in [-0.25, -0.2) is 4.39 Å². The number of fused-ring (bicyclic) bond motifs is 1. The van der Waals surface area contributed by atoms with Crippen LogP contribution in [0.5, 0.6) is 0 Å². The number of halogens is 1. The van der Waals surface area contributed by atoms with E-state index >= 15 is 0 Å². The van der Waals surface area contributed by atoms with Crippen LogP contribution >= 0.6 is 0 Å². The van der Waals surface area contributed by atoms with Crippen LogP contribution in [0.4, 0.5) is 4.39 Å². The molecule has 1 aliphatic carbocycles. The Labute approximate surface area is 151 Å².